The third-order valence-corrected chi connectivity index (χ3v) is 7.11. The number of anilines is 1. The first kappa shape index (κ1) is 17.9. The first-order chi connectivity index (χ1) is 13.6. The van der Waals surface area contributed by atoms with Crippen molar-refractivity contribution in [2.45, 2.75) is 13.3 Å². The molecule has 148 valence electrons. The van der Waals surface area contributed by atoms with Crippen molar-refractivity contribution < 1.29 is 14.3 Å². The van der Waals surface area contributed by atoms with Crippen molar-refractivity contribution in [3.05, 3.63) is 18.2 Å². The number of hydrogen-bond donors (Lipinski definition) is 1. The van der Waals surface area contributed by atoms with Gasteiger partial charge in [-0.2, -0.15) is 0 Å². The third-order valence-electron chi connectivity index (χ3n) is 6.07. The molecule has 3 aliphatic rings. The smallest absolute Gasteiger partial charge is 0.229 e. The van der Waals surface area contributed by atoms with Crippen LogP contribution in [0.15, 0.2) is 18.2 Å². The molecule has 28 heavy (non-hydrogen) atoms. The van der Waals surface area contributed by atoms with E-state index in [9.17, 15) is 9.59 Å². The molecular formula is C20H24N4O3S. The highest BCUT2D eigenvalue weighted by Gasteiger charge is 2.43. The molecule has 3 saturated heterocycles. The largest absolute Gasteiger partial charge is 0.494 e. The van der Waals surface area contributed by atoms with Crippen LogP contribution in [0.5, 0.6) is 5.75 Å². The number of nitrogens with one attached hydrogen (secondary N) is 1. The zero-order valence-corrected chi connectivity index (χ0v) is 16.7. The molecule has 0 aliphatic carbocycles. The second kappa shape index (κ2) is 7.00. The van der Waals surface area contributed by atoms with E-state index < -0.39 is 0 Å². The van der Waals surface area contributed by atoms with E-state index >= 15 is 0 Å². The lowest BCUT2D eigenvalue weighted by molar-refractivity contribution is -0.135. The second-order valence-electron chi connectivity index (χ2n) is 7.89. The van der Waals surface area contributed by atoms with Crippen molar-refractivity contribution in [3.63, 3.8) is 0 Å². The van der Waals surface area contributed by atoms with Crippen LogP contribution in [0.25, 0.3) is 10.2 Å². The molecule has 1 N–H and O–H groups in total. The van der Waals surface area contributed by atoms with Crippen LogP contribution in [0.2, 0.25) is 0 Å². The summed E-state index contributed by atoms with van der Waals surface area (Å²) < 4.78 is 6.54. The number of likely N-dealkylation sites (tertiary alicyclic amines) is 1. The van der Waals surface area contributed by atoms with Crippen LogP contribution < -0.4 is 15.0 Å². The fourth-order valence-electron chi connectivity index (χ4n) is 4.62. The summed E-state index contributed by atoms with van der Waals surface area (Å²) in [5.74, 6) is 1.81. The summed E-state index contributed by atoms with van der Waals surface area (Å²) in [5.41, 5.74) is 0.853. The van der Waals surface area contributed by atoms with Crippen molar-refractivity contribution in [3.8, 4) is 5.75 Å². The molecule has 3 atom stereocenters. The number of hydrogen-bond acceptors (Lipinski definition) is 6. The van der Waals surface area contributed by atoms with Gasteiger partial charge in [-0.25, -0.2) is 4.98 Å². The minimum Gasteiger partial charge on any atom is -0.494 e. The molecule has 8 heteroatoms. The predicted molar refractivity (Wildman–Crippen MR) is 108 cm³/mol. The number of thiazole rings is 1. The maximum absolute atomic E-state index is 13.0. The molecular weight excluding hydrogens is 376 g/mol. The van der Waals surface area contributed by atoms with Crippen molar-refractivity contribution >= 4 is 38.5 Å². The van der Waals surface area contributed by atoms with Crippen LogP contribution in [0.4, 0.5) is 5.13 Å². The Morgan fingerprint density at radius 1 is 1.29 bits per heavy atom. The summed E-state index contributed by atoms with van der Waals surface area (Å²) in [5, 5.41) is 4.07. The van der Waals surface area contributed by atoms with E-state index in [0.29, 0.717) is 30.1 Å². The van der Waals surface area contributed by atoms with Gasteiger partial charge in [0.1, 0.15) is 5.75 Å². The highest BCUT2D eigenvalue weighted by Crippen LogP contribution is 2.36. The third kappa shape index (κ3) is 3.04. The Morgan fingerprint density at radius 3 is 2.82 bits per heavy atom. The maximum Gasteiger partial charge on any atom is 0.229 e. The van der Waals surface area contributed by atoms with Crippen LogP contribution in [0.1, 0.15) is 13.3 Å². The summed E-state index contributed by atoms with van der Waals surface area (Å²) in [4.78, 5) is 33.9. The number of carbonyl (C=O) groups excluding carboxylic acids is 2. The molecule has 2 aromatic rings. The van der Waals surface area contributed by atoms with E-state index in [-0.39, 0.29) is 24.2 Å². The molecule has 0 spiro atoms. The van der Waals surface area contributed by atoms with E-state index in [0.717, 1.165) is 42.1 Å². The standard InChI is InChI=1S/C20H24N4O3S/c1-2-27-15-3-4-16-17(6-15)28-20(22-16)24-11-12(5-18(24)25)19(26)23-9-13-7-21-8-14(13)10-23/h3-4,6,12-14,21H,2,5,7-11H2,1H3/t12?,13-,14+. The van der Waals surface area contributed by atoms with Gasteiger partial charge in [0.05, 0.1) is 22.7 Å². The average molecular weight is 401 g/mol. The molecule has 3 fully saturated rings. The highest BCUT2D eigenvalue weighted by atomic mass is 32.1. The van der Waals surface area contributed by atoms with E-state index in [2.05, 4.69) is 10.3 Å². The Morgan fingerprint density at radius 2 is 2.07 bits per heavy atom. The zero-order chi connectivity index (χ0) is 19.3. The van der Waals surface area contributed by atoms with Crippen LogP contribution in [0, 0.1) is 17.8 Å². The molecule has 1 aromatic heterocycles. The number of benzene rings is 1. The number of fused-ring (bicyclic) bond motifs is 2. The topological polar surface area (TPSA) is 74.8 Å². The molecule has 7 nitrogen and oxygen atoms in total. The maximum atomic E-state index is 13.0. The minimum absolute atomic E-state index is 0.0107. The van der Waals surface area contributed by atoms with E-state index in [1.54, 1.807) is 4.90 Å². The van der Waals surface area contributed by atoms with Crippen LogP contribution >= 0.6 is 11.3 Å². The first-order valence-corrected chi connectivity index (χ1v) is 10.8. The molecule has 5 rings (SSSR count). The molecule has 1 aromatic carbocycles. The summed E-state index contributed by atoms with van der Waals surface area (Å²) >= 11 is 1.48. The average Bonchev–Trinajstić information content (AvgIpc) is 3.42. The molecule has 2 amide bonds. The Kier molecular flexibility index (Phi) is 4.47. The van der Waals surface area contributed by atoms with Crippen molar-refractivity contribution in [1.82, 2.24) is 15.2 Å². The quantitative estimate of drug-likeness (QED) is 0.846. The van der Waals surface area contributed by atoms with Gasteiger partial charge in [-0.1, -0.05) is 11.3 Å². The number of nitrogens with zero attached hydrogens (tertiary/aromatic N) is 3. The number of amides is 2. The Labute approximate surface area is 167 Å². The van der Waals surface area contributed by atoms with Crippen LogP contribution in [0.3, 0.4) is 0 Å². The fourth-order valence-corrected chi connectivity index (χ4v) is 5.64. The lowest BCUT2D eigenvalue weighted by Crippen LogP contribution is -2.37. The summed E-state index contributed by atoms with van der Waals surface area (Å²) in [6.07, 6.45) is 0.281. The number of rotatable bonds is 4. The van der Waals surface area contributed by atoms with Crippen molar-refractivity contribution in [2.75, 3.05) is 44.2 Å². The Bertz CT molecular complexity index is 917. The predicted octanol–water partition coefficient (Wildman–Crippen LogP) is 1.73. The van der Waals surface area contributed by atoms with Gasteiger partial charge in [0.15, 0.2) is 5.13 Å². The van der Waals surface area contributed by atoms with Crippen LogP contribution in [-0.2, 0) is 9.59 Å². The summed E-state index contributed by atoms with van der Waals surface area (Å²) in [6, 6.07) is 5.77. The number of ether oxygens (including phenoxy) is 1. The minimum atomic E-state index is -0.259. The van der Waals surface area contributed by atoms with Gasteiger partial charge < -0.3 is 15.0 Å². The Hall–Kier alpha value is -2.19. The SMILES string of the molecule is CCOc1ccc2nc(N3CC(C(=O)N4C[C@H]5CNC[C@H]5C4)CC3=O)sc2c1. The van der Waals surface area contributed by atoms with Crippen LogP contribution in [-0.4, -0.2) is 61.0 Å². The summed E-state index contributed by atoms with van der Waals surface area (Å²) in [7, 11) is 0. The summed E-state index contributed by atoms with van der Waals surface area (Å²) in [6.45, 7) is 6.64. The highest BCUT2D eigenvalue weighted by molar-refractivity contribution is 7.22. The molecule has 0 radical (unpaired) electrons. The van der Waals surface area contributed by atoms with Gasteiger partial charge in [-0.05, 0) is 37.0 Å². The van der Waals surface area contributed by atoms with Gasteiger partial charge in [0.2, 0.25) is 11.8 Å². The van der Waals surface area contributed by atoms with E-state index in [4.69, 9.17) is 4.74 Å². The van der Waals surface area contributed by atoms with E-state index in [1.807, 2.05) is 30.0 Å². The van der Waals surface area contributed by atoms with Gasteiger partial charge in [0.25, 0.3) is 0 Å². The monoisotopic (exact) mass is 400 g/mol. The number of carbonyl (C=O) groups is 2. The van der Waals surface area contributed by atoms with Gasteiger partial charge in [-0.15, -0.1) is 0 Å². The van der Waals surface area contributed by atoms with Gasteiger partial charge in [0, 0.05) is 39.1 Å². The molecule has 3 aliphatic heterocycles. The molecule has 1 unspecified atom stereocenters. The molecule has 4 heterocycles. The molecule has 0 saturated carbocycles. The Balaban J connectivity index is 1.31. The first-order valence-electron chi connectivity index (χ1n) is 9.95. The zero-order valence-electron chi connectivity index (χ0n) is 15.9. The van der Waals surface area contributed by atoms with Crippen molar-refractivity contribution in [1.29, 1.82) is 0 Å². The van der Waals surface area contributed by atoms with Gasteiger partial charge in [-0.3, -0.25) is 14.5 Å². The van der Waals surface area contributed by atoms with Crippen molar-refractivity contribution in [2.24, 2.45) is 17.8 Å². The van der Waals surface area contributed by atoms with E-state index in [1.165, 1.54) is 11.3 Å². The lowest BCUT2D eigenvalue weighted by atomic mass is 10.0. The second-order valence-corrected chi connectivity index (χ2v) is 8.90. The normalized spacial score (nSPS) is 27.0. The lowest BCUT2D eigenvalue weighted by Gasteiger charge is -2.21. The molecule has 0 bridgehead atoms. The van der Waals surface area contributed by atoms with Gasteiger partial charge >= 0.3 is 0 Å². The fraction of sp³-hybridized carbons (Fsp3) is 0.550. The number of aromatic nitrogens is 1.